The lowest BCUT2D eigenvalue weighted by atomic mass is 9.87. The third-order valence-corrected chi connectivity index (χ3v) is 3.86. The first-order chi connectivity index (χ1) is 12.9. The molecule has 0 aromatic carbocycles. The molecule has 17 heteroatoms. The van der Waals surface area contributed by atoms with Gasteiger partial charge in [-0.15, -0.1) is 0 Å². The molecule has 0 saturated heterocycles. The normalized spacial score (nSPS) is 18.1. The van der Waals surface area contributed by atoms with E-state index in [2.05, 4.69) is 0 Å². The van der Waals surface area contributed by atoms with E-state index in [0.29, 0.717) is 6.08 Å². The van der Waals surface area contributed by atoms with Gasteiger partial charge in [-0.3, -0.25) is 0 Å². The Morgan fingerprint density at radius 2 is 0.800 bits per heavy atom. The Balaban J connectivity index is 3.65. The molecular weight excluding hydrogens is 479 g/mol. The predicted octanol–water partition coefficient (Wildman–Crippen LogP) is 6.88. The zero-order valence-corrected chi connectivity index (χ0v) is 13.4. The highest BCUT2D eigenvalue weighted by molar-refractivity contribution is 5.36. The SMILES string of the molecule is FC(F)(F)C(F)(F)C(F)(F)C(F)(F)C(F)(F)C(F)(F)C(F)(F)C(F)(F)C1=CCC=C1. The van der Waals surface area contributed by atoms with Crippen molar-refractivity contribution in [3.63, 3.8) is 0 Å². The Bertz CT molecular complexity index is 720. The Morgan fingerprint density at radius 1 is 0.467 bits per heavy atom. The first-order valence-electron chi connectivity index (χ1n) is 6.94. The van der Waals surface area contributed by atoms with E-state index in [1.807, 2.05) is 0 Å². The molecule has 176 valence electrons. The molecule has 0 heterocycles. The largest absolute Gasteiger partial charge is 0.460 e. The lowest BCUT2D eigenvalue weighted by Crippen LogP contribution is -2.74. The van der Waals surface area contributed by atoms with Crippen LogP contribution in [-0.2, 0) is 0 Å². The molecule has 0 radical (unpaired) electrons. The molecule has 0 fully saturated rings. The summed E-state index contributed by atoms with van der Waals surface area (Å²) in [6, 6.07) is 0. The molecule has 0 nitrogen and oxygen atoms in total. The Morgan fingerprint density at radius 3 is 1.10 bits per heavy atom. The first-order valence-corrected chi connectivity index (χ1v) is 6.94. The van der Waals surface area contributed by atoms with Crippen LogP contribution in [0.25, 0.3) is 0 Å². The number of halogens is 17. The highest BCUT2D eigenvalue weighted by Crippen LogP contribution is 2.64. The molecule has 0 N–H and O–H groups in total. The molecule has 1 aliphatic rings. The van der Waals surface area contributed by atoms with Gasteiger partial charge in [0.25, 0.3) is 0 Å². The number of hydrogen-bond acceptors (Lipinski definition) is 0. The second kappa shape index (κ2) is 6.64. The van der Waals surface area contributed by atoms with Gasteiger partial charge in [-0.25, -0.2) is 0 Å². The van der Waals surface area contributed by atoms with Crippen LogP contribution < -0.4 is 0 Å². The van der Waals surface area contributed by atoms with E-state index in [1.54, 1.807) is 0 Å². The molecule has 0 saturated carbocycles. The van der Waals surface area contributed by atoms with Crippen LogP contribution in [0.15, 0.2) is 23.8 Å². The molecule has 0 amide bonds. The van der Waals surface area contributed by atoms with Crippen molar-refractivity contribution in [2.24, 2.45) is 0 Å². The van der Waals surface area contributed by atoms with E-state index in [4.69, 9.17) is 0 Å². The molecule has 0 spiro atoms. The molecule has 0 atom stereocenters. The second-order valence-electron chi connectivity index (χ2n) is 5.82. The van der Waals surface area contributed by atoms with Crippen molar-refractivity contribution in [2.45, 2.75) is 54.1 Å². The molecule has 1 aliphatic carbocycles. The van der Waals surface area contributed by atoms with Crippen molar-refractivity contribution >= 4 is 0 Å². The highest BCUT2D eigenvalue weighted by Gasteiger charge is 2.95. The lowest BCUT2D eigenvalue weighted by Gasteiger charge is -2.42. The maximum Gasteiger partial charge on any atom is 0.460 e. The van der Waals surface area contributed by atoms with Crippen molar-refractivity contribution in [3.8, 4) is 0 Å². The molecule has 0 unspecified atom stereocenters. The molecule has 0 bridgehead atoms. The lowest BCUT2D eigenvalue weighted by molar-refractivity contribution is -0.460. The fraction of sp³-hybridized carbons (Fsp3) is 0.692. The summed E-state index contributed by atoms with van der Waals surface area (Å²) < 4.78 is 221. The number of rotatable bonds is 7. The summed E-state index contributed by atoms with van der Waals surface area (Å²) in [4.78, 5) is 0. The zero-order chi connectivity index (χ0) is 24.4. The van der Waals surface area contributed by atoms with E-state index in [-0.39, 0.29) is 12.2 Å². The Hall–Kier alpha value is -1.71. The summed E-state index contributed by atoms with van der Waals surface area (Å²) in [5.41, 5.74) is -2.15. The summed E-state index contributed by atoms with van der Waals surface area (Å²) in [6.07, 6.45) is -7.87. The van der Waals surface area contributed by atoms with E-state index < -0.39 is 59.6 Å². The Labute approximate surface area is 154 Å². The molecule has 1 rings (SSSR count). The third-order valence-electron chi connectivity index (χ3n) is 3.86. The topological polar surface area (TPSA) is 0 Å². The molecular formula is C13H5F17. The number of alkyl halides is 17. The van der Waals surface area contributed by atoms with Gasteiger partial charge in [0.1, 0.15) is 0 Å². The van der Waals surface area contributed by atoms with Gasteiger partial charge in [-0.05, 0) is 6.42 Å². The van der Waals surface area contributed by atoms with Crippen molar-refractivity contribution in [3.05, 3.63) is 23.8 Å². The van der Waals surface area contributed by atoms with Crippen molar-refractivity contribution in [1.82, 2.24) is 0 Å². The summed E-state index contributed by atoms with van der Waals surface area (Å²) in [5, 5.41) is 0. The molecule has 30 heavy (non-hydrogen) atoms. The minimum absolute atomic E-state index is 0.0205. The maximum atomic E-state index is 13.6. The minimum Gasteiger partial charge on any atom is -0.194 e. The van der Waals surface area contributed by atoms with Gasteiger partial charge >= 0.3 is 47.6 Å². The van der Waals surface area contributed by atoms with Crippen molar-refractivity contribution in [2.75, 3.05) is 0 Å². The zero-order valence-electron chi connectivity index (χ0n) is 13.4. The predicted molar refractivity (Wildman–Crippen MR) is 62.5 cm³/mol. The Kier molecular flexibility index (Phi) is 5.83. The fourth-order valence-corrected chi connectivity index (χ4v) is 2.04. The third kappa shape index (κ3) is 3.05. The van der Waals surface area contributed by atoms with E-state index in [1.165, 1.54) is 0 Å². The second-order valence-corrected chi connectivity index (χ2v) is 5.82. The quantitative estimate of drug-likeness (QED) is 0.346. The van der Waals surface area contributed by atoms with Gasteiger partial charge < -0.3 is 0 Å². The van der Waals surface area contributed by atoms with E-state index >= 15 is 0 Å². The van der Waals surface area contributed by atoms with Gasteiger partial charge in [0.2, 0.25) is 0 Å². The van der Waals surface area contributed by atoms with E-state index in [0.717, 1.165) is 0 Å². The number of allylic oxidation sites excluding steroid dienone is 4. The molecule has 0 aromatic heterocycles. The van der Waals surface area contributed by atoms with Gasteiger partial charge in [0, 0.05) is 5.57 Å². The standard InChI is InChI=1S/C13H5F17/c14-6(15,5-3-1-2-4-5)7(16,17)8(18,19)9(20,21)10(22,23)11(24,25)12(26,27)13(28,29)30/h1,3-4H,2H2. The van der Waals surface area contributed by atoms with Gasteiger partial charge in [0.05, 0.1) is 0 Å². The summed E-state index contributed by atoms with van der Waals surface area (Å²) in [7, 11) is 0. The van der Waals surface area contributed by atoms with Gasteiger partial charge in [-0.1, -0.05) is 18.2 Å². The monoisotopic (exact) mass is 484 g/mol. The van der Waals surface area contributed by atoms with Crippen molar-refractivity contribution in [1.29, 1.82) is 0 Å². The summed E-state index contributed by atoms with van der Waals surface area (Å²) >= 11 is 0. The minimum atomic E-state index is -8.60. The van der Waals surface area contributed by atoms with Crippen LogP contribution in [0.5, 0.6) is 0 Å². The summed E-state index contributed by atoms with van der Waals surface area (Å²) in [5.74, 6) is -56.1. The maximum absolute atomic E-state index is 13.6. The average Bonchev–Trinajstić information content (AvgIpc) is 3.07. The van der Waals surface area contributed by atoms with Gasteiger partial charge in [0.15, 0.2) is 0 Å². The van der Waals surface area contributed by atoms with Crippen LogP contribution >= 0.6 is 0 Å². The van der Waals surface area contributed by atoms with Crippen LogP contribution in [-0.4, -0.2) is 47.6 Å². The van der Waals surface area contributed by atoms with Crippen LogP contribution in [0.1, 0.15) is 6.42 Å². The molecule has 0 aromatic rings. The van der Waals surface area contributed by atoms with Crippen LogP contribution in [0.4, 0.5) is 74.6 Å². The molecule has 0 aliphatic heterocycles. The highest BCUT2D eigenvalue weighted by atomic mass is 19.4. The summed E-state index contributed by atoms with van der Waals surface area (Å²) in [6.45, 7) is 0. The smallest absolute Gasteiger partial charge is 0.194 e. The average molecular weight is 484 g/mol. The van der Waals surface area contributed by atoms with Gasteiger partial charge in [-0.2, -0.15) is 74.6 Å². The van der Waals surface area contributed by atoms with E-state index in [9.17, 15) is 74.6 Å². The first kappa shape index (κ1) is 26.3. The fourth-order valence-electron chi connectivity index (χ4n) is 2.04. The number of hydrogen-bond donors (Lipinski definition) is 0. The van der Waals surface area contributed by atoms with Crippen LogP contribution in [0.3, 0.4) is 0 Å². The van der Waals surface area contributed by atoms with Crippen LogP contribution in [0, 0.1) is 0 Å². The van der Waals surface area contributed by atoms with Crippen molar-refractivity contribution < 1.29 is 74.6 Å². The van der Waals surface area contributed by atoms with Crippen LogP contribution in [0.2, 0.25) is 0 Å².